The molecule has 5 heteroatoms. The first kappa shape index (κ1) is 12.3. The molecule has 0 fully saturated rings. The Morgan fingerprint density at radius 2 is 1.94 bits per heavy atom. The zero-order valence-electron chi connectivity index (χ0n) is 9.99. The molecule has 0 amide bonds. The van der Waals surface area contributed by atoms with Crippen LogP contribution in [0.15, 0.2) is 18.2 Å². The third-order valence-electron chi connectivity index (χ3n) is 2.31. The maximum Gasteiger partial charge on any atom is 0.171 e. The van der Waals surface area contributed by atoms with Gasteiger partial charge in [-0.25, -0.2) is 9.97 Å². The standard InChI is InChI=1S/C12H14ClN3S/c1-12(2,3)8-6-10(14)16-11(15-8)7-4-5-9(13)17-7/h4-6H,1-3H3,(H2,14,15,16). The Balaban J connectivity index is 2.52. The molecular weight excluding hydrogens is 254 g/mol. The summed E-state index contributed by atoms with van der Waals surface area (Å²) < 4.78 is 0.725. The van der Waals surface area contributed by atoms with E-state index in [0.717, 1.165) is 14.9 Å². The van der Waals surface area contributed by atoms with Gasteiger partial charge in [-0.2, -0.15) is 0 Å². The number of thiophene rings is 1. The van der Waals surface area contributed by atoms with Gasteiger partial charge in [0.15, 0.2) is 5.82 Å². The smallest absolute Gasteiger partial charge is 0.171 e. The van der Waals surface area contributed by atoms with E-state index in [0.29, 0.717) is 11.6 Å². The maximum absolute atomic E-state index is 5.91. The third kappa shape index (κ3) is 2.76. The average molecular weight is 268 g/mol. The highest BCUT2D eigenvalue weighted by atomic mass is 35.5. The molecule has 2 aromatic heterocycles. The van der Waals surface area contributed by atoms with E-state index in [1.54, 1.807) is 0 Å². The molecule has 2 N–H and O–H groups in total. The quantitative estimate of drug-likeness (QED) is 0.856. The molecule has 0 bridgehead atoms. The van der Waals surface area contributed by atoms with Crippen molar-refractivity contribution >= 4 is 28.8 Å². The van der Waals surface area contributed by atoms with E-state index in [1.165, 1.54) is 11.3 Å². The topological polar surface area (TPSA) is 51.8 Å². The Morgan fingerprint density at radius 1 is 1.24 bits per heavy atom. The summed E-state index contributed by atoms with van der Waals surface area (Å²) in [4.78, 5) is 9.74. The summed E-state index contributed by atoms with van der Waals surface area (Å²) in [6, 6.07) is 5.57. The van der Waals surface area contributed by atoms with Crippen molar-refractivity contribution in [3.63, 3.8) is 0 Å². The lowest BCUT2D eigenvalue weighted by Gasteiger charge is -2.18. The molecule has 0 aliphatic carbocycles. The van der Waals surface area contributed by atoms with Gasteiger partial charge in [-0.1, -0.05) is 32.4 Å². The van der Waals surface area contributed by atoms with Gasteiger partial charge in [0.05, 0.1) is 14.9 Å². The molecule has 0 saturated heterocycles. The fraction of sp³-hybridized carbons (Fsp3) is 0.333. The number of hydrogen-bond acceptors (Lipinski definition) is 4. The van der Waals surface area contributed by atoms with Gasteiger partial charge in [0.2, 0.25) is 0 Å². The average Bonchev–Trinajstić information content (AvgIpc) is 2.62. The zero-order valence-corrected chi connectivity index (χ0v) is 11.6. The summed E-state index contributed by atoms with van der Waals surface area (Å²) in [6.45, 7) is 6.29. The number of nitrogens with zero attached hydrogens (tertiary/aromatic N) is 2. The predicted octanol–water partition coefficient (Wildman–Crippen LogP) is 3.74. The van der Waals surface area contributed by atoms with Crippen molar-refractivity contribution in [1.29, 1.82) is 0 Å². The first-order valence-corrected chi connectivity index (χ1v) is 6.46. The molecule has 0 unspecified atom stereocenters. The molecular formula is C12H14ClN3S. The van der Waals surface area contributed by atoms with Crippen LogP contribution in [0, 0.1) is 0 Å². The van der Waals surface area contributed by atoms with Gasteiger partial charge in [-0.3, -0.25) is 0 Å². The summed E-state index contributed by atoms with van der Waals surface area (Å²) in [5.74, 6) is 1.14. The summed E-state index contributed by atoms with van der Waals surface area (Å²) in [6.07, 6.45) is 0. The van der Waals surface area contributed by atoms with Crippen molar-refractivity contribution < 1.29 is 0 Å². The molecule has 0 saturated carbocycles. The van der Waals surface area contributed by atoms with E-state index in [2.05, 4.69) is 30.7 Å². The highest BCUT2D eigenvalue weighted by Gasteiger charge is 2.18. The van der Waals surface area contributed by atoms with Crippen LogP contribution in [0.2, 0.25) is 4.34 Å². The van der Waals surface area contributed by atoms with Crippen LogP contribution in [-0.2, 0) is 5.41 Å². The first-order chi connectivity index (χ1) is 7.86. The van der Waals surface area contributed by atoms with Crippen molar-refractivity contribution in [2.45, 2.75) is 26.2 Å². The monoisotopic (exact) mass is 267 g/mol. The molecule has 0 aromatic carbocycles. The third-order valence-corrected chi connectivity index (χ3v) is 3.54. The minimum atomic E-state index is -0.0487. The summed E-state index contributed by atoms with van der Waals surface area (Å²) >= 11 is 7.37. The van der Waals surface area contributed by atoms with Crippen molar-refractivity contribution in [2.75, 3.05) is 5.73 Å². The van der Waals surface area contributed by atoms with E-state index in [1.807, 2.05) is 18.2 Å². The number of anilines is 1. The molecule has 90 valence electrons. The Labute approximate surface area is 110 Å². The molecule has 0 aliphatic rings. The molecule has 2 aromatic rings. The summed E-state index contributed by atoms with van der Waals surface area (Å²) in [5, 5.41) is 0. The zero-order chi connectivity index (χ0) is 12.6. The van der Waals surface area contributed by atoms with Crippen LogP contribution in [0.1, 0.15) is 26.5 Å². The van der Waals surface area contributed by atoms with E-state index in [9.17, 15) is 0 Å². The number of halogens is 1. The lowest BCUT2D eigenvalue weighted by molar-refractivity contribution is 0.568. The second kappa shape index (κ2) is 4.27. The predicted molar refractivity (Wildman–Crippen MR) is 73.5 cm³/mol. The van der Waals surface area contributed by atoms with Crippen molar-refractivity contribution in [2.24, 2.45) is 0 Å². The van der Waals surface area contributed by atoms with Gasteiger partial charge in [0.25, 0.3) is 0 Å². The molecule has 0 spiro atoms. The van der Waals surface area contributed by atoms with Gasteiger partial charge in [0.1, 0.15) is 5.82 Å². The van der Waals surface area contributed by atoms with Gasteiger partial charge in [0, 0.05) is 11.5 Å². The number of hydrogen-bond donors (Lipinski definition) is 1. The van der Waals surface area contributed by atoms with Crippen LogP contribution in [0.25, 0.3) is 10.7 Å². The van der Waals surface area contributed by atoms with Crippen LogP contribution in [0.5, 0.6) is 0 Å². The first-order valence-electron chi connectivity index (χ1n) is 5.27. The van der Waals surface area contributed by atoms with E-state index >= 15 is 0 Å². The molecule has 0 aliphatic heterocycles. The Bertz CT molecular complexity index is 543. The van der Waals surface area contributed by atoms with Crippen molar-refractivity contribution in [3.8, 4) is 10.7 Å². The van der Waals surface area contributed by atoms with E-state index in [4.69, 9.17) is 17.3 Å². The Morgan fingerprint density at radius 3 is 2.47 bits per heavy atom. The SMILES string of the molecule is CC(C)(C)c1cc(N)nc(-c2ccc(Cl)s2)n1. The minimum Gasteiger partial charge on any atom is -0.384 e. The number of aromatic nitrogens is 2. The van der Waals surface area contributed by atoms with Crippen LogP contribution in [0.3, 0.4) is 0 Å². The van der Waals surface area contributed by atoms with Gasteiger partial charge in [-0.15, -0.1) is 11.3 Å². The van der Waals surface area contributed by atoms with Gasteiger partial charge >= 0.3 is 0 Å². The van der Waals surface area contributed by atoms with Gasteiger partial charge < -0.3 is 5.73 Å². The van der Waals surface area contributed by atoms with Crippen molar-refractivity contribution in [3.05, 3.63) is 28.2 Å². The molecule has 0 atom stereocenters. The van der Waals surface area contributed by atoms with Crippen LogP contribution < -0.4 is 5.73 Å². The molecule has 2 heterocycles. The number of rotatable bonds is 1. The summed E-state index contributed by atoms with van der Waals surface area (Å²) in [5.41, 5.74) is 6.71. The molecule has 0 radical (unpaired) electrons. The Kier molecular flexibility index (Phi) is 3.10. The lowest BCUT2D eigenvalue weighted by Crippen LogP contribution is -2.15. The largest absolute Gasteiger partial charge is 0.384 e. The fourth-order valence-corrected chi connectivity index (χ4v) is 2.37. The minimum absolute atomic E-state index is 0.0487. The highest BCUT2D eigenvalue weighted by Crippen LogP contribution is 2.31. The highest BCUT2D eigenvalue weighted by molar-refractivity contribution is 7.19. The second-order valence-electron chi connectivity index (χ2n) is 4.86. The second-order valence-corrected chi connectivity index (χ2v) is 6.57. The number of nitrogens with two attached hydrogens (primary N) is 1. The van der Waals surface area contributed by atoms with Crippen LogP contribution in [-0.4, -0.2) is 9.97 Å². The van der Waals surface area contributed by atoms with Crippen molar-refractivity contribution in [1.82, 2.24) is 9.97 Å². The Hall–Kier alpha value is -1.13. The summed E-state index contributed by atoms with van der Waals surface area (Å²) in [7, 11) is 0. The molecule has 2 rings (SSSR count). The number of nitrogen functional groups attached to an aromatic ring is 1. The molecule has 3 nitrogen and oxygen atoms in total. The normalized spacial score (nSPS) is 11.8. The van der Waals surface area contributed by atoms with Crippen LogP contribution >= 0.6 is 22.9 Å². The van der Waals surface area contributed by atoms with Gasteiger partial charge in [-0.05, 0) is 12.1 Å². The van der Waals surface area contributed by atoms with E-state index < -0.39 is 0 Å². The molecule has 17 heavy (non-hydrogen) atoms. The van der Waals surface area contributed by atoms with E-state index in [-0.39, 0.29) is 5.41 Å². The lowest BCUT2D eigenvalue weighted by atomic mass is 9.92. The maximum atomic E-state index is 5.91. The fourth-order valence-electron chi connectivity index (χ4n) is 1.39. The van der Waals surface area contributed by atoms with Crippen LogP contribution in [0.4, 0.5) is 5.82 Å².